The topological polar surface area (TPSA) is 156 Å². The fourth-order valence-corrected chi connectivity index (χ4v) is 7.72. The first-order valence-corrected chi connectivity index (χ1v) is 17.7. The van der Waals surface area contributed by atoms with Crippen molar-refractivity contribution >= 4 is 34.8 Å². The first-order valence-electron chi connectivity index (χ1n) is 17.7. The number of aliphatic carboxylic acids is 1. The zero-order chi connectivity index (χ0) is 33.8. The molecule has 2 saturated carbocycles. The lowest BCUT2D eigenvalue weighted by atomic mass is 10.0. The number of fused-ring (bicyclic) bond motifs is 3. The Hall–Kier alpha value is -4.09. The number of ether oxygens (including phenoxy) is 3. The molecule has 2 aliphatic carbocycles. The number of hydrogen-bond acceptors (Lipinski definition) is 8. The molecule has 12 nitrogen and oxygen atoms in total. The molecule has 1 aromatic heterocycles. The Morgan fingerprint density at radius 1 is 1.04 bits per heavy atom. The van der Waals surface area contributed by atoms with E-state index in [4.69, 9.17) is 14.2 Å². The number of nitrogens with one attached hydrogen (secondary N) is 2. The van der Waals surface area contributed by atoms with Gasteiger partial charge in [0.25, 0.3) is 0 Å². The van der Waals surface area contributed by atoms with E-state index in [-0.39, 0.29) is 25.0 Å². The minimum absolute atomic E-state index is 0.0792. The summed E-state index contributed by atoms with van der Waals surface area (Å²) in [6.07, 6.45) is 8.24. The molecule has 12 heteroatoms. The zero-order valence-corrected chi connectivity index (χ0v) is 28.0. The summed E-state index contributed by atoms with van der Waals surface area (Å²) in [5.74, 6) is -1.19. The molecular formula is C36H48N4O8. The Labute approximate surface area is 281 Å². The summed E-state index contributed by atoms with van der Waals surface area (Å²) < 4.78 is 18.0. The van der Waals surface area contributed by atoms with Crippen molar-refractivity contribution in [3.8, 4) is 11.6 Å². The first kappa shape index (κ1) is 33.8. The molecule has 3 amide bonds. The molecule has 48 heavy (non-hydrogen) atoms. The third-order valence-corrected chi connectivity index (χ3v) is 10.5. The number of carboxylic acid groups (broad SMARTS) is 1. The van der Waals surface area contributed by atoms with Gasteiger partial charge in [0.15, 0.2) is 0 Å². The van der Waals surface area contributed by atoms with Gasteiger partial charge in [-0.3, -0.25) is 9.59 Å². The molecule has 6 rings (SSSR count). The van der Waals surface area contributed by atoms with Crippen LogP contribution in [0.3, 0.4) is 0 Å². The van der Waals surface area contributed by atoms with Crippen LogP contribution in [0.1, 0.15) is 96.0 Å². The van der Waals surface area contributed by atoms with Crippen molar-refractivity contribution in [2.75, 3.05) is 13.2 Å². The number of aromatic nitrogens is 1. The van der Waals surface area contributed by atoms with E-state index < -0.39 is 47.6 Å². The molecule has 2 saturated heterocycles. The van der Waals surface area contributed by atoms with Crippen molar-refractivity contribution in [2.24, 2.45) is 5.92 Å². The second-order valence-corrected chi connectivity index (χ2v) is 13.9. The summed E-state index contributed by atoms with van der Waals surface area (Å²) in [5, 5.41) is 16.7. The van der Waals surface area contributed by atoms with Crippen molar-refractivity contribution in [2.45, 2.75) is 127 Å². The molecule has 0 radical (unpaired) electrons. The maximum atomic E-state index is 14.4. The SMILES string of the molecule is CCOc1cc(O[C@@H]2CC3C(=O)NC4(C(=O)O)C[C@H]4CCCCCCC[C@H](NC(=O)OC4CCCC4)C(=O)N3C2)c2cccc(C)c2n1. The number of para-hydroxylation sites is 1. The molecule has 2 unspecified atom stereocenters. The lowest BCUT2D eigenvalue weighted by molar-refractivity contribution is -0.146. The highest BCUT2D eigenvalue weighted by Crippen LogP contribution is 2.47. The van der Waals surface area contributed by atoms with Gasteiger partial charge in [0.05, 0.1) is 18.7 Å². The fourth-order valence-electron chi connectivity index (χ4n) is 7.72. The van der Waals surface area contributed by atoms with Crippen molar-refractivity contribution in [3.63, 3.8) is 0 Å². The highest BCUT2D eigenvalue weighted by atomic mass is 16.6. The van der Waals surface area contributed by atoms with Crippen LogP contribution in [0.25, 0.3) is 10.9 Å². The quantitative estimate of drug-likeness (QED) is 0.369. The number of carboxylic acids is 1. The normalized spacial score (nSPS) is 28.4. The fraction of sp³-hybridized carbons (Fsp3) is 0.639. The molecule has 0 spiro atoms. The molecule has 4 aliphatic rings. The number of carbonyl (C=O) groups is 4. The van der Waals surface area contributed by atoms with Gasteiger partial charge in [0.2, 0.25) is 17.7 Å². The van der Waals surface area contributed by atoms with Crippen molar-refractivity contribution < 1.29 is 38.5 Å². The molecule has 3 N–H and O–H groups in total. The average molecular weight is 665 g/mol. The van der Waals surface area contributed by atoms with Gasteiger partial charge in [-0.25, -0.2) is 14.6 Å². The molecule has 3 heterocycles. The zero-order valence-electron chi connectivity index (χ0n) is 28.0. The van der Waals surface area contributed by atoms with E-state index in [0.717, 1.165) is 80.7 Å². The van der Waals surface area contributed by atoms with Crippen LogP contribution in [-0.2, 0) is 19.1 Å². The van der Waals surface area contributed by atoms with Gasteiger partial charge in [-0.15, -0.1) is 0 Å². The van der Waals surface area contributed by atoms with Crippen LogP contribution in [0.2, 0.25) is 0 Å². The second kappa shape index (κ2) is 14.6. The largest absolute Gasteiger partial charge is 0.488 e. The number of nitrogens with zero attached hydrogens (tertiary/aromatic N) is 2. The van der Waals surface area contributed by atoms with Crippen LogP contribution < -0.4 is 20.1 Å². The van der Waals surface area contributed by atoms with Gasteiger partial charge in [-0.1, -0.05) is 44.2 Å². The summed E-state index contributed by atoms with van der Waals surface area (Å²) in [4.78, 5) is 60.0. The average Bonchev–Trinajstić information content (AvgIpc) is 3.34. The van der Waals surface area contributed by atoms with Crippen molar-refractivity contribution in [1.29, 1.82) is 0 Å². The van der Waals surface area contributed by atoms with Crippen LogP contribution in [0.4, 0.5) is 4.79 Å². The maximum absolute atomic E-state index is 14.4. The van der Waals surface area contributed by atoms with E-state index in [1.165, 1.54) is 4.90 Å². The predicted molar refractivity (Wildman–Crippen MR) is 177 cm³/mol. The number of carbonyl (C=O) groups excluding carboxylic acids is 3. The number of pyridine rings is 1. The van der Waals surface area contributed by atoms with Crippen LogP contribution in [0.5, 0.6) is 11.6 Å². The number of benzene rings is 1. The standard InChI is InChI=1S/C36H48N4O8/c1-3-46-30-19-29(26-16-11-12-22(2)31(26)38-30)47-25-18-28-32(41)39-36(34(43)44)20-23(36)13-7-5-4-6-8-17-27(33(42)40(28)21-25)37-35(45)48-24-14-9-10-15-24/h11-12,16,19,23-25,27-28H,3-10,13-15,17-18,20-21H2,1-2H3,(H,37,45)(H,39,41)(H,43,44)/t23-,25-,27+,28?,36?/m1/s1. The van der Waals surface area contributed by atoms with E-state index in [0.29, 0.717) is 31.1 Å². The number of hydrogen-bond donors (Lipinski definition) is 3. The van der Waals surface area contributed by atoms with Gasteiger partial charge in [-0.05, 0) is 76.3 Å². The van der Waals surface area contributed by atoms with E-state index in [1.54, 1.807) is 6.07 Å². The first-order chi connectivity index (χ1) is 23.2. The Morgan fingerprint density at radius 3 is 2.52 bits per heavy atom. The Balaban J connectivity index is 1.29. The Bertz CT molecular complexity index is 1530. The summed E-state index contributed by atoms with van der Waals surface area (Å²) in [6.45, 7) is 4.33. The van der Waals surface area contributed by atoms with Crippen LogP contribution in [-0.4, -0.2) is 81.8 Å². The predicted octanol–water partition coefficient (Wildman–Crippen LogP) is 5.03. The van der Waals surface area contributed by atoms with Gasteiger partial charge >= 0.3 is 12.1 Å². The second-order valence-electron chi connectivity index (χ2n) is 13.9. The molecule has 2 aliphatic heterocycles. The summed E-state index contributed by atoms with van der Waals surface area (Å²) in [6, 6.07) is 5.63. The summed E-state index contributed by atoms with van der Waals surface area (Å²) in [5.41, 5.74) is 0.344. The number of aryl methyl sites for hydroxylation is 1. The maximum Gasteiger partial charge on any atom is 0.408 e. The molecule has 260 valence electrons. The highest BCUT2D eigenvalue weighted by Gasteiger charge is 2.62. The third kappa shape index (κ3) is 7.32. The van der Waals surface area contributed by atoms with Crippen molar-refractivity contribution in [3.05, 3.63) is 29.8 Å². The van der Waals surface area contributed by atoms with E-state index in [9.17, 15) is 24.3 Å². The lowest BCUT2D eigenvalue weighted by Gasteiger charge is -2.29. The van der Waals surface area contributed by atoms with Gasteiger partial charge < -0.3 is 34.9 Å². The molecule has 5 atom stereocenters. The van der Waals surface area contributed by atoms with Gasteiger partial charge in [-0.2, -0.15) is 0 Å². The Morgan fingerprint density at radius 2 is 1.77 bits per heavy atom. The van der Waals surface area contributed by atoms with Crippen LogP contribution >= 0.6 is 0 Å². The van der Waals surface area contributed by atoms with E-state index >= 15 is 0 Å². The monoisotopic (exact) mass is 664 g/mol. The van der Waals surface area contributed by atoms with Gasteiger partial charge in [0.1, 0.15) is 35.6 Å². The number of rotatable bonds is 7. The highest BCUT2D eigenvalue weighted by molar-refractivity contribution is 5.96. The van der Waals surface area contributed by atoms with Crippen LogP contribution in [0, 0.1) is 12.8 Å². The number of amides is 3. The van der Waals surface area contributed by atoms with E-state index in [1.807, 2.05) is 32.0 Å². The molecule has 2 aromatic rings. The minimum Gasteiger partial charge on any atom is -0.488 e. The minimum atomic E-state index is -1.33. The third-order valence-electron chi connectivity index (χ3n) is 10.5. The molecular weight excluding hydrogens is 616 g/mol. The summed E-state index contributed by atoms with van der Waals surface area (Å²) in [7, 11) is 0. The molecule has 0 bridgehead atoms. The smallest absolute Gasteiger partial charge is 0.408 e. The van der Waals surface area contributed by atoms with Crippen LogP contribution in [0.15, 0.2) is 24.3 Å². The summed E-state index contributed by atoms with van der Waals surface area (Å²) >= 11 is 0. The molecule has 4 fully saturated rings. The van der Waals surface area contributed by atoms with Gasteiger partial charge in [0, 0.05) is 17.9 Å². The van der Waals surface area contributed by atoms with E-state index in [2.05, 4.69) is 15.6 Å². The number of alkyl carbamates (subject to hydrolysis) is 1. The molecule has 1 aromatic carbocycles. The Kier molecular flexibility index (Phi) is 10.3. The van der Waals surface area contributed by atoms with Crippen molar-refractivity contribution in [1.82, 2.24) is 20.5 Å². The lowest BCUT2D eigenvalue weighted by Crippen LogP contribution is -2.56.